The smallest absolute Gasteiger partial charge is 0.0838 e. The van der Waals surface area contributed by atoms with Crippen LogP contribution in [0.4, 0.5) is 0 Å². The van der Waals surface area contributed by atoms with Crippen molar-refractivity contribution in [3.8, 4) is 0 Å². The molecule has 2 rings (SSSR count). The Bertz CT molecular complexity index is 323. The van der Waals surface area contributed by atoms with Crippen molar-refractivity contribution >= 4 is 0 Å². The molecule has 17 heavy (non-hydrogen) atoms. The molecule has 1 heterocycles. The molecule has 3 unspecified atom stereocenters. The molecule has 0 radical (unpaired) electrons. The van der Waals surface area contributed by atoms with Crippen LogP contribution in [-0.4, -0.2) is 23.4 Å². The van der Waals surface area contributed by atoms with E-state index in [-0.39, 0.29) is 12.2 Å². The summed E-state index contributed by atoms with van der Waals surface area (Å²) >= 11 is 0. The standard InChI is InChI=1S/C15H22O2/c1-12-10-11-15(17-12)14(16)9-5-8-13-6-3-2-4-7-13/h2-4,6-7,12,14-16H,5,8-11H2,1H3. The Balaban J connectivity index is 1.68. The quantitative estimate of drug-likeness (QED) is 0.848. The minimum atomic E-state index is -0.288. The molecule has 1 fully saturated rings. The first kappa shape index (κ1) is 12.6. The molecule has 1 aliphatic heterocycles. The first-order valence-corrected chi connectivity index (χ1v) is 6.63. The highest BCUT2D eigenvalue weighted by atomic mass is 16.5. The van der Waals surface area contributed by atoms with Crippen LogP contribution in [0.1, 0.15) is 38.2 Å². The summed E-state index contributed by atoms with van der Waals surface area (Å²) in [4.78, 5) is 0. The number of aliphatic hydroxyl groups excluding tert-OH is 1. The van der Waals surface area contributed by atoms with Gasteiger partial charge in [-0.2, -0.15) is 0 Å². The Labute approximate surface area is 104 Å². The van der Waals surface area contributed by atoms with Gasteiger partial charge < -0.3 is 9.84 Å². The van der Waals surface area contributed by atoms with Crippen molar-refractivity contribution in [3.63, 3.8) is 0 Å². The third-order valence-electron chi connectivity index (χ3n) is 3.50. The summed E-state index contributed by atoms with van der Waals surface area (Å²) in [5, 5.41) is 10.0. The van der Waals surface area contributed by atoms with Crippen molar-refractivity contribution < 1.29 is 9.84 Å². The maximum Gasteiger partial charge on any atom is 0.0838 e. The van der Waals surface area contributed by atoms with Gasteiger partial charge in [0.2, 0.25) is 0 Å². The van der Waals surface area contributed by atoms with Gasteiger partial charge in [0.05, 0.1) is 18.3 Å². The lowest BCUT2D eigenvalue weighted by molar-refractivity contribution is -0.0319. The number of hydrogen-bond donors (Lipinski definition) is 1. The molecule has 94 valence electrons. The molecule has 1 aromatic rings. The SMILES string of the molecule is CC1CCC(C(O)CCCc2ccccc2)O1. The molecule has 0 spiro atoms. The second kappa shape index (κ2) is 6.18. The molecule has 1 aliphatic rings. The molecule has 0 saturated carbocycles. The Morgan fingerprint density at radius 2 is 2.06 bits per heavy atom. The molecule has 0 aromatic heterocycles. The predicted molar refractivity (Wildman–Crippen MR) is 69.0 cm³/mol. The fourth-order valence-electron chi connectivity index (χ4n) is 2.46. The average Bonchev–Trinajstić information content (AvgIpc) is 2.77. The number of aryl methyl sites for hydroxylation is 1. The van der Waals surface area contributed by atoms with Crippen molar-refractivity contribution in [1.29, 1.82) is 0 Å². The van der Waals surface area contributed by atoms with Gasteiger partial charge in [-0.05, 0) is 44.6 Å². The van der Waals surface area contributed by atoms with E-state index < -0.39 is 0 Å². The highest BCUT2D eigenvalue weighted by Gasteiger charge is 2.27. The minimum absolute atomic E-state index is 0.0702. The van der Waals surface area contributed by atoms with Crippen LogP contribution in [0.2, 0.25) is 0 Å². The third kappa shape index (κ3) is 3.83. The summed E-state index contributed by atoms with van der Waals surface area (Å²) in [5.41, 5.74) is 1.35. The van der Waals surface area contributed by atoms with Gasteiger partial charge in [-0.15, -0.1) is 0 Å². The maximum absolute atomic E-state index is 10.0. The van der Waals surface area contributed by atoms with Gasteiger partial charge in [0.25, 0.3) is 0 Å². The van der Waals surface area contributed by atoms with E-state index >= 15 is 0 Å². The lowest BCUT2D eigenvalue weighted by Gasteiger charge is -2.18. The summed E-state index contributed by atoms with van der Waals surface area (Å²) in [5.74, 6) is 0. The number of benzene rings is 1. The van der Waals surface area contributed by atoms with Crippen molar-refractivity contribution in [2.24, 2.45) is 0 Å². The van der Waals surface area contributed by atoms with Crippen LogP contribution in [-0.2, 0) is 11.2 Å². The van der Waals surface area contributed by atoms with Crippen LogP contribution in [0.15, 0.2) is 30.3 Å². The molecular formula is C15H22O2. The fourth-order valence-corrected chi connectivity index (χ4v) is 2.46. The van der Waals surface area contributed by atoms with Gasteiger partial charge >= 0.3 is 0 Å². The van der Waals surface area contributed by atoms with Crippen molar-refractivity contribution in [2.45, 2.75) is 57.3 Å². The van der Waals surface area contributed by atoms with E-state index in [0.29, 0.717) is 6.10 Å². The minimum Gasteiger partial charge on any atom is -0.390 e. The first-order chi connectivity index (χ1) is 8.25. The highest BCUT2D eigenvalue weighted by Crippen LogP contribution is 2.23. The van der Waals surface area contributed by atoms with Gasteiger partial charge in [0.15, 0.2) is 0 Å². The van der Waals surface area contributed by atoms with Crippen molar-refractivity contribution in [1.82, 2.24) is 0 Å². The summed E-state index contributed by atoms with van der Waals surface area (Å²) in [7, 11) is 0. The number of hydrogen-bond acceptors (Lipinski definition) is 2. The lowest BCUT2D eigenvalue weighted by atomic mass is 10.0. The number of aliphatic hydroxyl groups is 1. The van der Waals surface area contributed by atoms with Crippen LogP contribution < -0.4 is 0 Å². The number of ether oxygens (including phenoxy) is 1. The topological polar surface area (TPSA) is 29.5 Å². The van der Waals surface area contributed by atoms with E-state index in [0.717, 1.165) is 32.1 Å². The Morgan fingerprint density at radius 3 is 2.71 bits per heavy atom. The lowest BCUT2D eigenvalue weighted by Crippen LogP contribution is -2.26. The molecule has 0 aliphatic carbocycles. The molecule has 0 amide bonds. The summed E-state index contributed by atoms with van der Waals surface area (Å²) in [6.07, 6.45) is 5.10. The van der Waals surface area contributed by atoms with Crippen LogP contribution in [0.5, 0.6) is 0 Å². The molecule has 1 saturated heterocycles. The first-order valence-electron chi connectivity index (χ1n) is 6.63. The molecule has 3 atom stereocenters. The van der Waals surface area contributed by atoms with Crippen molar-refractivity contribution in [3.05, 3.63) is 35.9 Å². The van der Waals surface area contributed by atoms with Gasteiger partial charge in [0, 0.05) is 0 Å². The molecular weight excluding hydrogens is 212 g/mol. The van der Waals surface area contributed by atoms with Crippen LogP contribution in [0.3, 0.4) is 0 Å². The molecule has 1 aromatic carbocycles. The van der Waals surface area contributed by atoms with Gasteiger partial charge in [-0.1, -0.05) is 30.3 Å². The van der Waals surface area contributed by atoms with E-state index in [2.05, 4.69) is 31.2 Å². The average molecular weight is 234 g/mol. The summed E-state index contributed by atoms with van der Waals surface area (Å²) < 4.78 is 5.68. The second-order valence-corrected chi connectivity index (χ2v) is 5.01. The van der Waals surface area contributed by atoms with Gasteiger partial charge in [0.1, 0.15) is 0 Å². The molecule has 2 heteroatoms. The van der Waals surface area contributed by atoms with E-state index in [4.69, 9.17) is 4.74 Å². The second-order valence-electron chi connectivity index (χ2n) is 5.01. The van der Waals surface area contributed by atoms with E-state index in [1.807, 2.05) is 6.07 Å². The van der Waals surface area contributed by atoms with E-state index in [1.54, 1.807) is 0 Å². The Morgan fingerprint density at radius 1 is 1.29 bits per heavy atom. The number of rotatable bonds is 5. The van der Waals surface area contributed by atoms with E-state index in [1.165, 1.54) is 5.56 Å². The molecule has 1 N–H and O–H groups in total. The van der Waals surface area contributed by atoms with E-state index in [9.17, 15) is 5.11 Å². The van der Waals surface area contributed by atoms with Crippen LogP contribution in [0, 0.1) is 0 Å². The van der Waals surface area contributed by atoms with Crippen LogP contribution in [0.25, 0.3) is 0 Å². The Hall–Kier alpha value is -0.860. The monoisotopic (exact) mass is 234 g/mol. The van der Waals surface area contributed by atoms with Crippen molar-refractivity contribution in [2.75, 3.05) is 0 Å². The largest absolute Gasteiger partial charge is 0.390 e. The summed E-state index contributed by atoms with van der Waals surface area (Å²) in [6.45, 7) is 2.08. The third-order valence-corrected chi connectivity index (χ3v) is 3.50. The molecule has 2 nitrogen and oxygen atoms in total. The zero-order valence-corrected chi connectivity index (χ0v) is 10.5. The zero-order valence-electron chi connectivity index (χ0n) is 10.5. The predicted octanol–water partition coefficient (Wildman–Crippen LogP) is 2.94. The highest BCUT2D eigenvalue weighted by molar-refractivity contribution is 5.14. The zero-order chi connectivity index (χ0) is 12.1. The fraction of sp³-hybridized carbons (Fsp3) is 0.600. The van der Waals surface area contributed by atoms with Gasteiger partial charge in [-0.25, -0.2) is 0 Å². The molecule has 0 bridgehead atoms. The normalized spacial score (nSPS) is 26.0. The Kier molecular flexibility index (Phi) is 4.57. The maximum atomic E-state index is 10.0. The van der Waals surface area contributed by atoms with Gasteiger partial charge in [-0.3, -0.25) is 0 Å². The van der Waals surface area contributed by atoms with Crippen LogP contribution >= 0.6 is 0 Å². The summed E-state index contributed by atoms with van der Waals surface area (Å²) in [6, 6.07) is 10.4.